The summed E-state index contributed by atoms with van der Waals surface area (Å²) in [5.74, 6) is 1.09. The zero-order valence-corrected chi connectivity index (χ0v) is 13.1. The van der Waals surface area contributed by atoms with Crippen molar-refractivity contribution in [3.63, 3.8) is 0 Å². The molecule has 1 atom stereocenters. The molecule has 1 unspecified atom stereocenters. The van der Waals surface area contributed by atoms with E-state index in [2.05, 4.69) is 5.32 Å². The van der Waals surface area contributed by atoms with Gasteiger partial charge in [-0.3, -0.25) is 4.79 Å². The smallest absolute Gasteiger partial charge is 0.287 e. The van der Waals surface area contributed by atoms with Gasteiger partial charge in [-0.05, 0) is 30.5 Å². The zero-order chi connectivity index (χ0) is 15.9. The number of aliphatic hydroxyl groups excluding tert-OH is 1. The monoisotopic (exact) mass is 301 g/mol. The van der Waals surface area contributed by atoms with Gasteiger partial charge in [-0.15, -0.1) is 0 Å². The summed E-state index contributed by atoms with van der Waals surface area (Å²) < 4.78 is 5.56. The molecule has 0 saturated heterocycles. The van der Waals surface area contributed by atoms with E-state index in [-0.39, 0.29) is 18.4 Å². The highest BCUT2D eigenvalue weighted by atomic mass is 16.4. The average Bonchev–Trinajstić information content (AvgIpc) is 2.93. The zero-order valence-electron chi connectivity index (χ0n) is 13.1. The molecule has 0 fully saturated rings. The van der Waals surface area contributed by atoms with Crippen molar-refractivity contribution in [1.82, 2.24) is 5.32 Å². The maximum atomic E-state index is 12.2. The molecule has 2 N–H and O–H groups in total. The van der Waals surface area contributed by atoms with E-state index in [1.807, 2.05) is 44.2 Å². The summed E-state index contributed by atoms with van der Waals surface area (Å²) in [4.78, 5) is 12.2. The number of amides is 1. The molecular weight excluding hydrogens is 278 g/mol. The van der Waals surface area contributed by atoms with Crippen molar-refractivity contribution in [2.24, 2.45) is 0 Å². The summed E-state index contributed by atoms with van der Waals surface area (Å²) in [6.45, 7) is 4.51. The second-order valence-corrected chi connectivity index (χ2v) is 5.40. The van der Waals surface area contributed by atoms with Crippen molar-refractivity contribution >= 4 is 5.91 Å². The Morgan fingerprint density at radius 3 is 2.64 bits per heavy atom. The lowest BCUT2D eigenvalue weighted by molar-refractivity contribution is 0.0920. The Morgan fingerprint density at radius 2 is 2.05 bits per heavy atom. The van der Waals surface area contributed by atoms with Gasteiger partial charge in [-0.25, -0.2) is 0 Å². The molecule has 118 valence electrons. The van der Waals surface area contributed by atoms with Gasteiger partial charge in [0.1, 0.15) is 5.76 Å². The number of hydrogen-bond acceptors (Lipinski definition) is 3. The van der Waals surface area contributed by atoms with Crippen LogP contribution in [0.4, 0.5) is 0 Å². The Morgan fingerprint density at radius 1 is 1.32 bits per heavy atom. The van der Waals surface area contributed by atoms with Gasteiger partial charge < -0.3 is 14.8 Å². The maximum Gasteiger partial charge on any atom is 0.287 e. The first-order chi connectivity index (χ1) is 10.7. The van der Waals surface area contributed by atoms with Crippen molar-refractivity contribution in [3.8, 4) is 0 Å². The molecule has 4 heteroatoms. The Balaban J connectivity index is 2.01. The standard InChI is InChI=1S/C18H23NO3/c1-3-16-13(2)11-17(22-16)18(21)19-12-15(9-10-20)14-7-5-4-6-8-14/h4-8,11,15,20H,3,9-10,12H2,1-2H3,(H,19,21). The van der Waals surface area contributed by atoms with Gasteiger partial charge in [-0.1, -0.05) is 37.3 Å². The van der Waals surface area contributed by atoms with E-state index in [0.29, 0.717) is 18.7 Å². The lowest BCUT2D eigenvalue weighted by atomic mass is 9.96. The quantitative estimate of drug-likeness (QED) is 0.826. The summed E-state index contributed by atoms with van der Waals surface area (Å²) in [6.07, 6.45) is 1.39. The normalized spacial score (nSPS) is 12.1. The molecule has 22 heavy (non-hydrogen) atoms. The molecule has 0 aliphatic carbocycles. The SMILES string of the molecule is CCc1oc(C(=O)NCC(CCO)c2ccccc2)cc1C. The number of rotatable bonds is 7. The van der Waals surface area contributed by atoms with Crippen molar-refractivity contribution in [2.75, 3.05) is 13.2 Å². The van der Waals surface area contributed by atoms with Crippen molar-refractivity contribution in [2.45, 2.75) is 32.6 Å². The van der Waals surface area contributed by atoms with Crippen LogP contribution in [-0.4, -0.2) is 24.2 Å². The Hall–Kier alpha value is -2.07. The molecule has 0 aliphatic heterocycles. The van der Waals surface area contributed by atoms with Crippen LogP contribution in [0.2, 0.25) is 0 Å². The third-order valence-electron chi connectivity index (χ3n) is 3.82. The number of furan rings is 1. The molecule has 0 spiro atoms. The molecule has 2 rings (SSSR count). The highest BCUT2D eigenvalue weighted by Gasteiger charge is 2.16. The van der Waals surface area contributed by atoms with Gasteiger partial charge in [0.2, 0.25) is 0 Å². The van der Waals surface area contributed by atoms with Crippen LogP contribution in [0.1, 0.15) is 46.7 Å². The summed E-state index contributed by atoms with van der Waals surface area (Å²) in [6, 6.07) is 11.7. The second-order valence-electron chi connectivity index (χ2n) is 5.40. The largest absolute Gasteiger partial charge is 0.456 e. The number of carbonyl (C=O) groups is 1. The number of aryl methyl sites for hydroxylation is 2. The molecule has 1 heterocycles. The number of aliphatic hydroxyl groups is 1. The van der Waals surface area contributed by atoms with Gasteiger partial charge >= 0.3 is 0 Å². The molecule has 0 bridgehead atoms. The van der Waals surface area contributed by atoms with E-state index in [4.69, 9.17) is 4.42 Å². The third-order valence-corrected chi connectivity index (χ3v) is 3.82. The number of benzene rings is 1. The van der Waals surface area contributed by atoms with Gasteiger partial charge in [0, 0.05) is 25.5 Å². The summed E-state index contributed by atoms with van der Waals surface area (Å²) in [7, 11) is 0. The van der Waals surface area contributed by atoms with Crippen LogP contribution in [0, 0.1) is 6.92 Å². The van der Waals surface area contributed by atoms with Crippen molar-refractivity contribution in [3.05, 3.63) is 59.0 Å². The number of carbonyl (C=O) groups excluding carboxylic acids is 1. The number of hydrogen-bond donors (Lipinski definition) is 2. The first-order valence-corrected chi connectivity index (χ1v) is 7.69. The maximum absolute atomic E-state index is 12.2. The minimum atomic E-state index is -0.207. The van der Waals surface area contributed by atoms with Crippen molar-refractivity contribution in [1.29, 1.82) is 0 Å². The van der Waals surface area contributed by atoms with Gasteiger partial charge in [-0.2, -0.15) is 0 Å². The fourth-order valence-corrected chi connectivity index (χ4v) is 2.55. The predicted octanol–water partition coefficient (Wildman–Crippen LogP) is 3.05. The van der Waals surface area contributed by atoms with Crippen LogP contribution in [0.3, 0.4) is 0 Å². The van der Waals surface area contributed by atoms with Crippen LogP contribution >= 0.6 is 0 Å². The van der Waals surface area contributed by atoms with E-state index in [0.717, 1.165) is 23.3 Å². The molecule has 0 radical (unpaired) electrons. The molecule has 0 aliphatic rings. The van der Waals surface area contributed by atoms with E-state index in [1.54, 1.807) is 6.07 Å². The van der Waals surface area contributed by atoms with E-state index in [9.17, 15) is 9.90 Å². The topological polar surface area (TPSA) is 62.5 Å². The molecule has 1 aromatic heterocycles. The second kappa shape index (κ2) is 7.80. The third kappa shape index (κ3) is 3.98. The van der Waals surface area contributed by atoms with Crippen LogP contribution in [0.5, 0.6) is 0 Å². The van der Waals surface area contributed by atoms with Crippen molar-refractivity contribution < 1.29 is 14.3 Å². The Bertz CT molecular complexity index is 604. The van der Waals surface area contributed by atoms with E-state index < -0.39 is 0 Å². The van der Waals surface area contributed by atoms with Gasteiger partial charge in [0.15, 0.2) is 5.76 Å². The molecule has 1 aromatic carbocycles. The molecule has 2 aromatic rings. The lowest BCUT2D eigenvalue weighted by Crippen LogP contribution is -2.28. The summed E-state index contributed by atoms with van der Waals surface area (Å²) in [5, 5.41) is 12.1. The van der Waals surface area contributed by atoms with Gasteiger partial charge in [0.25, 0.3) is 5.91 Å². The van der Waals surface area contributed by atoms with Crippen LogP contribution in [0.15, 0.2) is 40.8 Å². The van der Waals surface area contributed by atoms with Gasteiger partial charge in [0.05, 0.1) is 0 Å². The highest BCUT2D eigenvalue weighted by Crippen LogP contribution is 2.19. The number of nitrogens with one attached hydrogen (secondary N) is 1. The first kappa shape index (κ1) is 16.3. The van der Waals surface area contributed by atoms with E-state index >= 15 is 0 Å². The molecule has 0 saturated carbocycles. The minimum Gasteiger partial charge on any atom is -0.456 e. The lowest BCUT2D eigenvalue weighted by Gasteiger charge is -2.16. The average molecular weight is 301 g/mol. The minimum absolute atomic E-state index is 0.0925. The summed E-state index contributed by atoms with van der Waals surface area (Å²) >= 11 is 0. The molecular formula is C18H23NO3. The predicted molar refractivity (Wildman–Crippen MR) is 86.0 cm³/mol. The Kier molecular flexibility index (Phi) is 5.78. The summed E-state index contributed by atoms with van der Waals surface area (Å²) in [5.41, 5.74) is 2.12. The first-order valence-electron chi connectivity index (χ1n) is 7.69. The van der Waals surface area contributed by atoms with Crippen LogP contribution in [-0.2, 0) is 6.42 Å². The van der Waals surface area contributed by atoms with E-state index in [1.165, 1.54) is 0 Å². The Labute approximate surface area is 131 Å². The fourth-order valence-electron chi connectivity index (χ4n) is 2.55. The molecule has 1 amide bonds. The van der Waals surface area contributed by atoms with Crippen LogP contribution in [0.25, 0.3) is 0 Å². The van der Waals surface area contributed by atoms with Crippen LogP contribution < -0.4 is 5.32 Å². The molecule has 4 nitrogen and oxygen atoms in total. The fraction of sp³-hybridized carbons (Fsp3) is 0.389. The highest BCUT2D eigenvalue weighted by molar-refractivity contribution is 5.91.